The van der Waals surface area contributed by atoms with Gasteiger partial charge in [-0.25, -0.2) is 9.37 Å². The van der Waals surface area contributed by atoms with Crippen LogP contribution in [0.2, 0.25) is 0 Å². The SMILES string of the molecule is CN1CC[C@H](CNC(=O)c2coc(COc3cccc(F)c3)n2)C1. The number of nitrogens with one attached hydrogen (secondary N) is 1. The monoisotopic (exact) mass is 333 g/mol. The molecule has 1 aliphatic heterocycles. The molecule has 6 nitrogen and oxygen atoms in total. The van der Waals surface area contributed by atoms with Gasteiger partial charge in [0.15, 0.2) is 12.3 Å². The number of carbonyl (C=O) groups is 1. The quantitative estimate of drug-likeness (QED) is 0.876. The van der Waals surface area contributed by atoms with Crippen LogP contribution >= 0.6 is 0 Å². The molecule has 1 aromatic heterocycles. The van der Waals surface area contributed by atoms with Crippen molar-refractivity contribution in [1.29, 1.82) is 0 Å². The van der Waals surface area contributed by atoms with Gasteiger partial charge in [-0.2, -0.15) is 0 Å². The molecule has 0 aliphatic carbocycles. The number of hydrogen-bond acceptors (Lipinski definition) is 5. The molecule has 24 heavy (non-hydrogen) atoms. The lowest BCUT2D eigenvalue weighted by molar-refractivity contribution is 0.0942. The Kier molecular flexibility index (Phi) is 5.10. The van der Waals surface area contributed by atoms with E-state index in [1.54, 1.807) is 12.1 Å². The Hall–Kier alpha value is -2.41. The zero-order chi connectivity index (χ0) is 16.9. The third-order valence-corrected chi connectivity index (χ3v) is 3.98. The third kappa shape index (κ3) is 4.32. The minimum atomic E-state index is -0.377. The summed E-state index contributed by atoms with van der Waals surface area (Å²) >= 11 is 0. The van der Waals surface area contributed by atoms with Crippen molar-refractivity contribution >= 4 is 5.91 Å². The van der Waals surface area contributed by atoms with Crippen molar-refractivity contribution in [3.63, 3.8) is 0 Å². The maximum absolute atomic E-state index is 13.1. The van der Waals surface area contributed by atoms with E-state index in [1.165, 1.54) is 18.4 Å². The van der Waals surface area contributed by atoms with E-state index < -0.39 is 0 Å². The van der Waals surface area contributed by atoms with E-state index in [0.29, 0.717) is 18.2 Å². The van der Waals surface area contributed by atoms with Crippen LogP contribution in [0.15, 0.2) is 34.9 Å². The molecule has 2 aromatic rings. The van der Waals surface area contributed by atoms with Gasteiger partial charge in [0.25, 0.3) is 5.91 Å². The van der Waals surface area contributed by atoms with Crippen molar-refractivity contribution in [2.24, 2.45) is 5.92 Å². The van der Waals surface area contributed by atoms with Crippen molar-refractivity contribution in [2.45, 2.75) is 13.0 Å². The number of hydrogen-bond donors (Lipinski definition) is 1. The summed E-state index contributed by atoms with van der Waals surface area (Å²) in [5.74, 6) is 0.485. The van der Waals surface area contributed by atoms with Crippen molar-refractivity contribution in [3.8, 4) is 5.75 Å². The smallest absolute Gasteiger partial charge is 0.273 e. The molecule has 128 valence electrons. The van der Waals surface area contributed by atoms with Gasteiger partial charge in [0.1, 0.15) is 17.8 Å². The van der Waals surface area contributed by atoms with Crippen molar-refractivity contribution in [2.75, 3.05) is 26.7 Å². The lowest BCUT2D eigenvalue weighted by Crippen LogP contribution is -2.30. The first-order valence-corrected chi connectivity index (χ1v) is 7.89. The summed E-state index contributed by atoms with van der Waals surface area (Å²) in [4.78, 5) is 18.4. The molecule has 2 heterocycles. The molecule has 3 rings (SSSR count). The van der Waals surface area contributed by atoms with Crippen LogP contribution in [0.3, 0.4) is 0 Å². The molecule has 1 fully saturated rings. The standard InChI is InChI=1S/C17H20FN3O3/c1-21-6-5-12(9-21)8-19-17(22)15-10-24-16(20-15)11-23-14-4-2-3-13(18)7-14/h2-4,7,10,12H,5-6,8-9,11H2,1H3,(H,19,22)/t12-/m1/s1. The van der Waals surface area contributed by atoms with Gasteiger partial charge in [-0.15, -0.1) is 0 Å². The van der Waals surface area contributed by atoms with E-state index in [-0.39, 0.29) is 29.9 Å². The van der Waals surface area contributed by atoms with Crippen molar-refractivity contribution < 1.29 is 18.3 Å². The topological polar surface area (TPSA) is 67.6 Å². The Morgan fingerprint density at radius 2 is 2.42 bits per heavy atom. The summed E-state index contributed by atoms with van der Waals surface area (Å²) in [5, 5.41) is 2.88. The highest BCUT2D eigenvalue weighted by atomic mass is 19.1. The molecular formula is C17H20FN3O3. The molecule has 1 amide bonds. The molecule has 0 bridgehead atoms. The summed E-state index contributed by atoms with van der Waals surface area (Å²) in [6.07, 6.45) is 2.39. The predicted molar refractivity (Wildman–Crippen MR) is 85.2 cm³/mol. The number of rotatable bonds is 6. The molecule has 1 atom stereocenters. The Morgan fingerprint density at radius 3 is 3.17 bits per heavy atom. The highest BCUT2D eigenvalue weighted by molar-refractivity contribution is 5.91. The fourth-order valence-electron chi connectivity index (χ4n) is 2.70. The van der Waals surface area contributed by atoms with E-state index >= 15 is 0 Å². The summed E-state index contributed by atoms with van der Waals surface area (Å²) in [6.45, 7) is 2.72. The summed E-state index contributed by atoms with van der Waals surface area (Å²) in [5.41, 5.74) is 0.221. The highest BCUT2D eigenvalue weighted by Crippen LogP contribution is 2.15. The Morgan fingerprint density at radius 1 is 1.54 bits per heavy atom. The Balaban J connectivity index is 1.48. The van der Waals surface area contributed by atoms with Crippen molar-refractivity contribution in [1.82, 2.24) is 15.2 Å². The van der Waals surface area contributed by atoms with Crippen molar-refractivity contribution in [3.05, 3.63) is 47.9 Å². The maximum Gasteiger partial charge on any atom is 0.273 e. The molecule has 0 spiro atoms. The van der Waals surface area contributed by atoms with Crippen LogP contribution in [0.25, 0.3) is 0 Å². The number of halogens is 1. The normalized spacial score (nSPS) is 17.8. The van der Waals surface area contributed by atoms with Gasteiger partial charge < -0.3 is 19.4 Å². The molecule has 1 saturated heterocycles. The highest BCUT2D eigenvalue weighted by Gasteiger charge is 2.21. The largest absolute Gasteiger partial charge is 0.484 e. The fraction of sp³-hybridized carbons (Fsp3) is 0.412. The van der Waals surface area contributed by atoms with E-state index in [0.717, 1.165) is 19.5 Å². The molecule has 1 aliphatic rings. The molecular weight excluding hydrogens is 313 g/mol. The minimum Gasteiger partial charge on any atom is -0.484 e. The maximum atomic E-state index is 13.1. The van der Waals surface area contributed by atoms with Gasteiger partial charge in [-0.1, -0.05) is 6.07 Å². The molecule has 0 radical (unpaired) electrons. The van der Waals surface area contributed by atoms with E-state index in [2.05, 4.69) is 22.2 Å². The lowest BCUT2D eigenvalue weighted by atomic mass is 10.1. The first-order chi connectivity index (χ1) is 11.6. The minimum absolute atomic E-state index is 0.0319. The number of ether oxygens (including phenoxy) is 1. The predicted octanol–water partition coefficient (Wildman–Crippen LogP) is 2.07. The summed E-state index contributed by atoms with van der Waals surface area (Å²) < 4.78 is 23.7. The Bertz CT molecular complexity index is 704. The fourth-order valence-corrected chi connectivity index (χ4v) is 2.70. The number of aromatic nitrogens is 1. The first-order valence-electron chi connectivity index (χ1n) is 7.89. The molecule has 1 aromatic carbocycles. The van der Waals surface area contributed by atoms with Gasteiger partial charge in [-0.3, -0.25) is 4.79 Å². The molecule has 0 saturated carbocycles. The summed E-state index contributed by atoms with van der Waals surface area (Å²) in [7, 11) is 2.07. The van der Waals surface area contributed by atoms with Gasteiger partial charge in [0.2, 0.25) is 5.89 Å². The van der Waals surface area contributed by atoms with Crippen LogP contribution in [0.5, 0.6) is 5.75 Å². The number of benzene rings is 1. The van der Waals surface area contributed by atoms with Gasteiger partial charge >= 0.3 is 0 Å². The molecule has 1 N–H and O–H groups in total. The van der Waals surface area contributed by atoms with Gasteiger partial charge in [0, 0.05) is 19.2 Å². The van der Waals surface area contributed by atoms with Crippen LogP contribution in [-0.2, 0) is 6.61 Å². The number of carbonyl (C=O) groups excluding carboxylic acids is 1. The van der Waals surface area contributed by atoms with E-state index in [9.17, 15) is 9.18 Å². The summed E-state index contributed by atoms with van der Waals surface area (Å²) in [6, 6.07) is 5.80. The number of likely N-dealkylation sites (tertiary alicyclic amines) is 1. The Labute approximate surface area is 139 Å². The van der Waals surface area contributed by atoms with Gasteiger partial charge in [-0.05, 0) is 38.1 Å². The molecule has 0 unspecified atom stereocenters. The van der Waals surface area contributed by atoms with E-state index in [4.69, 9.17) is 9.15 Å². The van der Waals surface area contributed by atoms with Crippen LogP contribution in [0, 0.1) is 11.7 Å². The van der Waals surface area contributed by atoms with E-state index in [1.807, 2.05) is 0 Å². The second-order valence-corrected chi connectivity index (χ2v) is 6.00. The van der Waals surface area contributed by atoms with Crippen LogP contribution in [0.1, 0.15) is 22.8 Å². The second-order valence-electron chi connectivity index (χ2n) is 6.00. The third-order valence-electron chi connectivity index (χ3n) is 3.98. The van der Waals surface area contributed by atoms with Crippen LogP contribution < -0.4 is 10.1 Å². The number of nitrogens with zero attached hydrogens (tertiary/aromatic N) is 2. The average Bonchev–Trinajstić information content (AvgIpc) is 3.20. The second kappa shape index (κ2) is 7.44. The lowest BCUT2D eigenvalue weighted by Gasteiger charge is -2.10. The average molecular weight is 333 g/mol. The van der Waals surface area contributed by atoms with Crippen LogP contribution in [-0.4, -0.2) is 42.5 Å². The first kappa shape index (κ1) is 16.4. The zero-order valence-electron chi connectivity index (χ0n) is 13.5. The zero-order valence-corrected chi connectivity index (χ0v) is 13.5. The van der Waals surface area contributed by atoms with Crippen LogP contribution in [0.4, 0.5) is 4.39 Å². The number of amides is 1. The molecule has 7 heteroatoms. The van der Waals surface area contributed by atoms with Gasteiger partial charge in [0.05, 0.1) is 0 Å². The number of oxazole rings is 1.